The molecule has 7 nitrogen and oxygen atoms in total. The van der Waals surface area contributed by atoms with Crippen molar-refractivity contribution in [3.63, 3.8) is 0 Å². The molecule has 0 bridgehead atoms. The number of nitrogens with zero attached hydrogens (tertiary/aromatic N) is 2. The third-order valence-electron chi connectivity index (χ3n) is 3.77. The van der Waals surface area contributed by atoms with Crippen molar-refractivity contribution >= 4 is 17.6 Å². The number of aromatic nitrogens is 2. The molecule has 3 rings (SSSR count). The van der Waals surface area contributed by atoms with Crippen LogP contribution in [0.1, 0.15) is 22.7 Å². The zero-order chi connectivity index (χ0) is 17.3. The van der Waals surface area contributed by atoms with Crippen LogP contribution in [-0.2, 0) is 16.0 Å². The molecule has 0 fully saturated rings. The maximum Gasteiger partial charge on any atom is 0.311 e. The largest absolute Gasteiger partial charge is 0.469 e. The van der Waals surface area contributed by atoms with Crippen molar-refractivity contribution in [2.75, 3.05) is 7.11 Å². The van der Waals surface area contributed by atoms with E-state index in [9.17, 15) is 10.1 Å². The van der Waals surface area contributed by atoms with Gasteiger partial charge in [0.25, 0.3) is 0 Å². The van der Waals surface area contributed by atoms with E-state index in [0.717, 1.165) is 5.56 Å². The van der Waals surface area contributed by atoms with Crippen LogP contribution in [0.4, 0.5) is 0 Å². The van der Waals surface area contributed by atoms with Crippen molar-refractivity contribution in [3.05, 3.63) is 57.6 Å². The van der Waals surface area contributed by atoms with Gasteiger partial charge < -0.3 is 15.2 Å². The average Bonchev–Trinajstić information content (AvgIpc) is 2.96. The van der Waals surface area contributed by atoms with Gasteiger partial charge in [-0.05, 0) is 17.7 Å². The first-order chi connectivity index (χ1) is 11.5. The Labute approximate surface area is 142 Å². The SMILES string of the molecule is COC(=O)Cc1[nH]nc2c1C(c1ccc(Cl)cc1)C(C#N)=C(N)O2. The van der Waals surface area contributed by atoms with Crippen LogP contribution in [0.3, 0.4) is 0 Å². The summed E-state index contributed by atoms with van der Waals surface area (Å²) >= 11 is 5.94. The fraction of sp³-hybridized carbons (Fsp3) is 0.188. The molecule has 1 aromatic heterocycles. The minimum Gasteiger partial charge on any atom is -0.469 e. The van der Waals surface area contributed by atoms with Crippen LogP contribution < -0.4 is 10.5 Å². The first kappa shape index (κ1) is 15.9. The molecule has 2 heterocycles. The fourth-order valence-corrected chi connectivity index (χ4v) is 2.77. The van der Waals surface area contributed by atoms with Crippen LogP contribution >= 0.6 is 11.6 Å². The van der Waals surface area contributed by atoms with Gasteiger partial charge in [0.05, 0.1) is 30.7 Å². The first-order valence-electron chi connectivity index (χ1n) is 7.02. The van der Waals surface area contributed by atoms with E-state index in [2.05, 4.69) is 16.3 Å². The van der Waals surface area contributed by atoms with E-state index in [1.54, 1.807) is 24.3 Å². The number of allylic oxidation sites excluding steroid dienone is 1. The monoisotopic (exact) mass is 344 g/mol. The van der Waals surface area contributed by atoms with Gasteiger partial charge in [-0.1, -0.05) is 23.7 Å². The predicted octanol–water partition coefficient (Wildman–Crippen LogP) is 2.00. The van der Waals surface area contributed by atoms with Crippen LogP contribution in [0.5, 0.6) is 5.88 Å². The molecule has 8 heteroatoms. The van der Waals surface area contributed by atoms with E-state index in [-0.39, 0.29) is 23.8 Å². The second-order valence-electron chi connectivity index (χ2n) is 5.15. The van der Waals surface area contributed by atoms with Gasteiger partial charge in [-0.3, -0.25) is 9.89 Å². The van der Waals surface area contributed by atoms with Crippen molar-refractivity contribution in [3.8, 4) is 11.9 Å². The number of nitriles is 1. The molecular formula is C16H13ClN4O3. The standard InChI is InChI=1S/C16H13ClN4O3/c1-23-12(22)6-11-14-13(8-2-4-9(17)5-3-8)10(7-18)15(19)24-16(14)21-20-11/h2-5,13H,6,19H2,1H3,(H,20,21). The van der Waals surface area contributed by atoms with E-state index in [1.807, 2.05) is 0 Å². The molecule has 122 valence electrons. The van der Waals surface area contributed by atoms with Gasteiger partial charge in [0, 0.05) is 5.02 Å². The number of aromatic amines is 1. The second-order valence-corrected chi connectivity index (χ2v) is 5.59. The molecule has 0 saturated heterocycles. The average molecular weight is 345 g/mol. The quantitative estimate of drug-likeness (QED) is 0.823. The summed E-state index contributed by atoms with van der Waals surface area (Å²) < 4.78 is 10.1. The smallest absolute Gasteiger partial charge is 0.311 e. The highest BCUT2D eigenvalue weighted by Gasteiger charge is 2.35. The number of hydrogen-bond acceptors (Lipinski definition) is 6. The highest BCUT2D eigenvalue weighted by molar-refractivity contribution is 6.30. The zero-order valence-corrected chi connectivity index (χ0v) is 13.4. The Morgan fingerprint density at radius 2 is 2.21 bits per heavy atom. The Kier molecular flexibility index (Phi) is 4.15. The molecule has 1 aliphatic rings. The van der Waals surface area contributed by atoms with Crippen molar-refractivity contribution in [2.24, 2.45) is 5.73 Å². The Bertz CT molecular complexity index is 864. The number of nitrogens with one attached hydrogen (secondary N) is 1. The molecule has 1 aromatic carbocycles. The van der Waals surface area contributed by atoms with Crippen LogP contribution in [0, 0.1) is 11.3 Å². The summed E-state index contributed by atoms with van der Waals surface area (Å²) in [5, 5.41) is 16.9. The Hall–Kier alpha value is -2.98. The summed E-state index contributed by atoms with van der Waals surface area (Å²) in [4.78, 5) is 11.6. The maximum absolute atomic E-state index is 11.6. The number of esters is 1. The molecule has 0 radical (unpaired) electrons. The van der Waals surface area contributed by atoms with E-state index < -0.39 is 11.9 Å². The molecule has 24 heavy (non-hydrogen) atoms. The third kappa shape index (κ3) is 2.68. The topological polar surface area (TPSA) is 114 Å². The highest BCUT2D eigenvalue weighted by Crippen LogP contribution is 2.43. The molecule has 1 unspecified atom stereocenters. The molecule has 1 atom stereocenters. The normalized spacial score (nSPS) is 16.1. The second kappa shape index (κ2) is 6.26. The number of halogens is 1. The minimum atomic E-state index is -0.505. The van der Waals surface area contributed by atoms with Crippen LogP contribution in [-0.4, -0.2) is 23.3 Å². The van der Waals surface area contributed by atoms with E-state index in [0.29, 0.717) is 16.3 Å². The number of rotatable bonds is 3. The summed E-state index contributed by atoms with van der Waals surface area (Å²) in [5.41, 5.74) is 8.00. The van der Waals surface area contributed by atoms with Crippen molar-refractivity contribution < 1.29 is 14.3 Å². The molecule has 2 aromatic rings. The van der Waals surface area contributed by atoms with E-state index in [4.69, 9.17) is 26.8 Å². The molecule has 1 aliphatic heterocycles. The number of nitrogens with two attached hydrogens (primary N) is 1. The lowest BCUT2D eigenvalue weighted by Crippen LogP contribution is -2.21. The van der Waals surface area contributed by atoms with Gasteiger partial charge in [0.2, 0.25) is 11.8 Å². The lowest BCUT2D eigenvalue weighted by molar-refractivity contribution is -0.139. The molecule has 0 saturated carbocycles. The Morgan fingerprint density at radius 1 is 1.50 bits per heavy atom. The Balaban J connectivity index is 2.15. The van der Waals surface area contributed by atoms with Gasteiger partial charge in [-0.2, -0.15) is 5.26 Å². The van der Waals surface area contributed by atoms with Gasteiger partial charge in [0.15, 0.2) is 0 Å². The fourth-order valence-electron chi connectivity index (χ4n) is 2.65. The Morgan fingerprint density at radius 3 is 2.83 bits per heavy atom. The molecular weight excluding hydrogens is 332 g/mol. The number of methoxy groups -OCH3 is 1. The van der Waals surface area contributed by atoms with Gasteiger partial charge >= 0.3 is 5.97 Å². The molecule has 0 spiro atoms. The van der Waals surface area contributed by atoms with Crippen LogP contribution in [0.15, 0.2) is 35.7 Å². The van der Waals surface area contributed by atoms with Gasteiger partial charge in [0.1, 0.15) is 11.6 Å². The van der Waals surface area contributed by atoms with Gasteiger partial charge in [-0.25, -0.2) is 0 Å². The first-order valence-corrected chi connectivity index (χ1v) is 7.40. The summed E-state index contributed by atoms with van der Waals surface area (Å²) in [6.45, 7) is 0. The molecule has 0 amide bonds. The number of H-pyrrole nitrogens is 1. The maximum atomic E-state index is 11.6. The summed E-state index contributed by atoms with van der Waals surface area (Å²) in [6, 6.07) is 9.11. The molecule has 0 aliphatic carbocycles. The number of fused-ring (bicyclic) bond motifs is 1. The molecule has 3 N–H and O–H groups in total. The minimum absolute atomic E-state index is 0.0129. The summed E-state index contributed by atoms with van der Waals surface area (Å²) in [7, 11) is 1.30. The van der Waals surface area contributed by atoms with Crippen molar-refractivity contribution in [1.29, 1.82) is 5.26 Å². The number of ether oxygens (including phenoxy) is 2. The zero-order valence-electron chi connectivity index (χ0n) is 12.7. The summed E-state index contributed by atoms with van der Waals surface area (Å²) in [5.74, 6) is -0.710. The van der Waals surface area contributed by atoms with Crippen molar-refractivity contribution in [1.82, 2.24) is 10.2 Å². The van der Waals surface area contributed by atoms with Gasteiger partial charge in [-0.15, -0.1) is 5.10 Å². The lowest BCUT2D eigenvalue weighted by atomic mass is 9.83. The third-order valence-corrected chi connectivity index (χ3v) is 4.02. The van der Waals surface area contributed by atoms with Crippen LogP contribution in [0.2, 0.25) is 5.02 Å². The lowest BCUT2D eigenvalue weighted by Gasteiger charge is -2.24. The number of carbonyl (C=O) groups excluding carboxylic acids is 1. The predicted molar refractivity (Wildman–Crippen MR) is 85.1 cm³/mol. The van der Waals surface area contributed by atoms with Crippen LogP contribution in [0.25, 0.3) is 0 Å². The van der Waals surface area contributed by atoms with E-state index >= 15 is 0 Å². The van der Waals surface area contributed by atoms with E-state index in [1.165, 1.54) is 7.11 Å². The highest BCUT2D eigenvalue weighted by atomic mass is 35.5. The number of benzene rings is 1. The number of carbonyl (C=O) groups is 1. The number of hydrogen-bond donors (Lipinski definition) is 2. The van der Waals surface area contributed by atoms with Crippen molar-refractivity contribution in [2.45, 2.75) is 12.3 Å². The summed E-state index contributed by atoms with van der Waals surface area (Å²) in [6.07, 6.45) is -0.0229.